The number of amides is 2. The number of primary amides is 1. The molecule has 0 saturated carbocycles. The normalized spacial score (nSPS) is 9.76. The van der Waals surface area contributed by atoms with Crippen LogP contribution in [0.5, 0.6) is 0 Å². The van der Waals surface area contributed by atoms with Crippen LogP contribution < -0.4 is 11.1 Å². The van der Waals surface area contributed by atoms with E-state index in [0.29, 0.717) is 0 Å². The van der Waals surface area contributed by atoms with Gasteiger partial charge >= 0.3 is 6.09 Å². The predicted molar refractivity (Wildman–Crippen MR) is 62.1 cm³/mol. The number of nitrogens with two attached hydrogens (primary N) is 1. The third-order valence-corrected chi connectivity index (χ3v) is 2.17. The molecule has 1 aromatic heterocycles. The standard InChI is InChI=1S/C9H9Cl2N3O3/c10-5-1-2-6(11)14-7(5)8(15)13-3-4-17-9(12)16/h1-2H,3-4H2,(H2,12,16)(H,13,15). The number of nitrogens with zero attached hydrogens (tertiary/aromatic N) is 1. The number of nitrogens with one attached hydrogen (secondary N) is 1. The molecule has 2 amide bonds. The average molecular weight is 278 g/mol. The molecule has 0 spiro atoms. The van der Waals surface area contributed by atoms with Crippen molar-refractivity contribution in [2.24, 2.45) is 5.73 Å². The quantitative estimate of drug-likeness (QED) is 0.639. The third kappa shape index (κ3) is 4.46. The minimum atomic E-state index is -0.904. The lowest BCUT2D eigenvalue weighted by Crippen LogP contribution is -2.29. The number of hydrogen-bond donors (Lipinski definition) is 2. The molecule has 0 bridgehead atoms. The lowest BCUT2D eigenvalue weighted by molar-refractivity contribution is 0.0932. The smallest absolute Gasteiger partial charge is 0.404 e. The fraction of sp³-hybridized carbons (Fsp3) is 0.222. The summed E-state index contributed by atoms with van der Waals surface area (Å²) in [5.41, 5.74) is 4.75. The van der Waals surface area contributed by atoms with Gasteiger partial charge in [-0.3, -0.25) is 4.79 Å². The van der Waals surface area contributed by atoms with Gasteiger partial charge in [-0.05, 0) is 12.1 Å². The van der Waals surface area contributed by atoms with Gasteiger partial charge in [0.25, 0.3) is 5.91 Å². The molecule has 0 aliphatic carbocycles. The van der Waals surface area contributed by atoms with Crippen LogP contribution in [0, 0.1) is 0 Å². The Morgan fingerprint density at radius 2 is 2.12 bits per heavy atom. The molecule has 0 aromatic carbocycles. The molecule has 0 atom stereocenters. The molecule has 1 rings (SSSR count). The van der Waals surface area contributed by atoms with Crippen LogP contribution in [0.25, 0.3) is 0 Å². The van der Waals surface area contributed by atoms with Crippen molar-refractivity contribution in [2.45, 2.75) is 0 Å². The van der Waals surface area contributed by atoms with E-state index in [9.17, 15) is 9.59 Å². The highest BCUT2D eigenvalue weighted by atomic mass is 35.5. The molecule has 1 heterocycles. The number of carbonyl (C=O) groups is 2. The lowest BCUT2D eigenvalue weighted by atomic mass is 10.3. The Labute approximate surface area is 107 Å². The van der Waals surface area contributed by atoms with Crippen molar-refractivity contribution >= 4 is 35.2 Å². The first-order valence-electron chi connectivity index (χ1n) is 4.53. The van der Waals surface area contributed by atoms with Crippen LogP contribution in [0.3, 0.4) is 0 Å². The molecule has 0 unspecified atom stereocenters. The molecule has 3 N–H and O–H groups in total. The summed E-state index contributed by atoms with van der Waals surface area (Å²) in [6.07, 6.45) is -0.904. The van der Waals surface area contributed by atoms with E-state index in [1.807, 2.05) is 0 Å². The molecule has 0 aliphatic heterocycles. The molecule has 0 saturated heterocycles. The lowest BCUT2D eigenvalue weighted by Gasteiger charge is -2.06. The number of hydrogen-bond acceptors (Lipinski definition) is 4. The number of aromatic nitrogens is 1. The van der Waals surface area contributed by atoms with E-state index < -0.39 is 12.0 Å². The second kappa shape index (κ2) is 6.27. The molecule has 0 fully saturated rings. The summed E-state index contributed by atoms with van der Waals surface area (Å²) in [5.74, 6) is -0.509. The molecular formula is C9H9Cl2N3O3. The Hall–Kier alpha value is -1.53. The van der Waals surface area contributed by atoms with Crippen LogP contribution in [0.15, 0.2) is 12.1 Å². The fourth-order valence-corrected chi connectivity index (χ4v) is 1.32. The summed E-state index contributed by atoms with van der Waals surface area (Å²) in [5, 5.41) is 2.79. The summed E-state index contributed by atoms with van der Waals surface area (Å²) in [6.45, 7) is 0.0750. The van der Waals surface area contributed by atoms with Gasteiger partial charge in [0.15, 0.2) is 0 Å². The number of rotatable bonds is 4. The van der Waals surface area contributed by atoms with Crippen molar-refractivity contribution in [1.82, 2.24) is 10.3 Å². The summed E-state index contributed by atoms with van der Waals surface area (Å²) < 4.78 is 4.43. The highest BCUT2D eigenvalue weighted by Gasteiger charge is 2.12. The largest absolute Gasteiger partial charge is 0.448 e. The molecular weight excluding hydrogens is 269 g/mol. The van der Waals surface area contributed by atoms with Gasteiger partial charge in [-0.25, -0.2) is 9.78 Å². The average Bonchev–Trinajstić information content (AvgIpc) is 2.27. The first kappa shape index (κ1) is 13.5. The van der Waals surface area contributed by atoms with E-state index in [4.69, 9.17) is 28.9 Å². The maximum absolute atomic E-state index is 11.6. The Morgan fingerprint density at radius 1 is 1.41 bits per heavy atom. The maximum atomic E-state index is 11.6. The second-order valence-corrected chi connectivity index (χ2v) is 3.68. The molecule has 17 heavy (non-hydrogen) atoms. The Bertz CT molecular complexity index is 439. The van der Waals surface area contributed by atoms with Gasteiger partial charge in [-0.2, -0.15) is 0 Å². The Balaban J connectivity index is 2.52. The van der Waals surface area contributed by atoms with Gasteiger partial charge in [-0.15, -0.1) is 0 Å². The van der Waals surface area contributed by atoms with Crippen molar-refractivity contribution < 1.29 is 14.3 Å². The van der Waals surface area contributed by atoms with Gasteiger partial charge < -0.3 is 15.8 Å². The van der Waals surface area contributed by atoms with Crippen LogP contribution in [0.4, 0.5) is 4.79 Å². The maximum Gasteiger partial charge on any atom is 0.404 e. The van der Waals surface area contributed by atoms with Crippen LogP contribution in [0.2, 0.25) is 10.2 Å². The number of halogens is 2. The van der Waals surface area contributed by atoms with Crippen LogP contribution >= 0.6 is 23.2 Å². The number of ether oxygens (including phenoxy) is 1. The summed E-state index contributed by atoms with van der Waals surface area (Å²) in [7, 11) is 0. The monoisotopic (exact) mass is 277 g/mol. The summed E-state index contributed by atoms with van der Waals surface area (Å²) >= 11 is 11.4. The topological polar surface area (TPSA) is 94.3 Å². The van der Waals surface area contributed by atoms with Crippen molar-refractivity contribution in [3.63, 3.8) is 0 Å². The zero-order valence-corrected chi connectivity index (χ0v) is 10.1. The van der Waals surface area contributed by atoms with Gasteiger partial charge in [0, 0.05) is 0 Å². The SMILES string of the molecule is NC(=O)OCCNC(=O)c1nc(Cl)ccc1Cl. The first-order chi connectivity index (χ1) is 8.00. The van der Waals surface area contributed by atoms with Gasteiger partial charge in [0.2, 0.25) is 0 Å². The minimum absolute atomic E-state index is 0.0123. The minimum Gasteiger partial charge on any atom is -0.448 e. The zero-order chi connectivity index (χ0) is 12.8. The molecule has 92 valence electrons. The van der Waals surface area contributed by atoms with E-state index in [1.165, 1.54) is 12.1 Å². The van der Waals surface area contributed by atoms with Crippen molar-refractivity contribution in [2.75, 3.05) is 13.2 Å². The van der Waals surface area contributed by atoms with Crippen LogP contribution in [-0.2, 0) is 4.74 Å². The second-order valence-electron chi connectivity index (χ2n) is 2.89. The van der Waals surface area contributed by atoms with E-state index in [2.05, 4.69) is 15.0 Å². The van der Waals surface area contributed by atoms with E-state index in [-0.39, 0.29) is 29.0 Å². The van der Waals surface area contributed by atoms with Gasteiger partial charge in [-0.1, -0.05) is 23.2 Å². The zero-order valence-electron chi connectivity index (χ0n) is 8.57. The van der Waals surface area contributed by atoms with Gasteiger partial charge in [0.05, 0.1) is 11.6 Å². The van der Waals surface area contributed by atoms with E-state index >= 15 is 0 Å². The first-order valence-corrected chi connectivity index (χ1v) is 5.29. The fourth-order valence-electron chi connectivity index (χ4n) is 0.977. The van der Waals surface area contributed by atoms with Crippen LogP contribution in [-0.4, -0.2) is 30.1 Å². The highest BCUT2D eigenvalue weighted by Crippen LogP contribution is 2.16. The predicted octanol–water partition coefficient (Wildman–Crippen LogP) is 1.21. The Kier molecular flexibility index (Phi) is 4.99. The molecule has 1 aromatic rings. The van der Waals surface area contributed by atoms with Crippen molar-refractivity contribution in [3.8, 4) is 0 Å². The summed E-state index contributed by atoms with van der Waals surface area (Å²) in [4.78, 5) is 25.6. The van der Waals surface area contributed by atoms with E-state index in [0.717, 1.165) is 0 Å². The summed E-state index contributed by atoms with van der Waals surface area (Å²) in [6, 6.07) is 2.93. The van der Waals surface area contributed by atoms with Crippen LogP contribution in [0.1, 0.15) is 10.5 Å². The number of carbonyl (C=O) groups excluding carboxylic acids is 2. The van der Waals surface area contributed by atoms with Gasteiger partial charge in [0.1, 0.15) is 17.5 Å². The van der Waals surface area contributed by atoms with Crippen molar-refractivity contribution in [3.05, 3.63) is 28.0 Å². The molecule has 6 nitrogen and oxygen atoms in total. The Morgan fingerprint density at radius 3 is 2.76 bits per heavy atom. The van der Waals surface area contributed by atoms with Crippen molar-refractivity contribution in [1.29, 1.82) is 0 Å². The third-order valence-electron chi connectivity index (χ3n) is 1.66. The molecule has 0 aliphatic rings. The highest BCUT2D eigenvalue weighted by molar-refractivity contribution is 6.34. The molecule has 0 radical (unpaired) electrons. The molecule has 8 heteroatoms. The number of pyridine rings is 1. The van der Waals surface area contributed by atoms with E-state index in [1.54, 1.807) is 0 Å².